The lowest BCUT2D eigenvalue weighted by Gasteiger charge is -2.14. The smallest absolute Gasteiger partial charge is 0.307 e. The number of carboxylic acid groups (broad SMARTS) is 1. The van der Waals surface area contributed by atoms with Crippen LogP contribution in [0.5, 0.6) is 0 Å². The Bertz CT molecular complexity index is 124. The molecule has 0 saturated carbocycles. The maximum absolute atomic E-state index is 10.3. The number of carbonyl (C=O) groups is 1. The molecule has 1 aliphatic rings. The minimum atomic E-state index is -0.693. The van der Waals surface area contributed by atoms with Crippen LogP contribution in [0.1, 0.15) is 6.42 Å². The van der Waals surface area contributed by atoms with E-state index in [1.807, 2.05) is 0 Å². The van der Waals surface area contributed by atoms with E-state index in [1.165, 1.54) is 0 Å². The number of rotatable bonds is 1. The second-order valence-corrected chi connectivity index (χ2v) is 2.40. The first-order valence-corrected chi connectivity index (χ1v) is 2.98. The lowest BCUT2D eigenvalue weighted by Crippen LogP contribution is -2.17. The molecule has 0 aromatic carbocycles. The molecule has 1 heterocycles. The van der Waals surface area contributed by atoms with Crippen molar-refractivity contribution in [1.29, 1.82) is 0 Å². The van der Waals surface area contributed by atoms with Gasteiger partial charge in [-0.25, -0.2) is 0 Å². The molecule has 1 saturated heterocycles. The summed E-state index contributed by atoms with van der Waals surface area (Å²) in [6.45, 7) is 1.42. The molecule has 1 N–H and O–H groups in total. The summed E-state index contributed by atoms with van der Waals surface area (Å²) in [5.74, 6) is -0.872. The Hall–Kier alpha value is -0.570. The van der Waals surface area contributed by atoms with Crippen molar-refractivity contribution < 1.29 is 9.90 Å². The van der Waals surface area contributed by atoms with Crippen molar-refractivity contribution in [2.24, 2.45) is 5.92 Å². The van der Waals surface area contributed by atoms with Gasteiger partial charge in [-0.3, -0.25) is 11.8 Å². The molecule has 1 fully saturated rings. The predicted octanol–water partition coefficient (Wildman–Crippen LogP) is 0.184. The van der Waals surface area contributed by atoms with E-state index in [4.69, 9.17) is 5.11 Å². The van der Waals surface area contributed by atoms with Crippen LogP contribution in [-0.2, 0) is 4.79 Å². The van der Waals surface area contributed by atoms with Crippen molar-refractivity contribution in [3.05, 3.63) is 7.05 Å². The molecule has 3 heteroatoms. The van der Waals surface area contributed by atoms with Gasteiger partial charge in [0.15, 0.2) is 0 Å². The first kappa shape index (κ1) is 6.55. The third-order valence-electron chi connectivity index (χ3n) is 1.62. The van der Waals surface area contributed by atoms with Gasteiger partial charge in [-0.1, -0.05) is 0 Å². The average molecular weight is 128 g/mol. The standard InChI is InChI=1S/C6H10NO2/c1-7-3-2-5(4-7)6(8)9/h5H,1-4H2,(H,8,9)/q-1/t5-/m1/s1. The lowest BCUT2D eigenvalue weighted by molar-refractivity contribution is -0.141. The van der Waals surface area contributed by atoms with Crippen molar-refractivity contribution in [3.63, 3.8) is 0 Å². The van der Waals surface area contributed by atoms with Crippen molar-refractivity contribution in [3.8, 4) is 0 Å². The van der Waals surface area contributed by atoms with Gasteiger partial charge < -0.3 is 10.0 Å². The van der Waals surface area contributed by atoms with Gasteiger partial charge in [0.05, 0.1) is 5.92 Å². The lowest BCUT2D eigenvalue weighted by atomic mass is 10.1. The van der Waals surface area contributed by atoms with Gasteiger partial charge in [-0.15, -0.1) is 0 Å². The second-order valence-electron chi connectivity index (χ2n) is 2.40. The van der Waals surface area contributed by atoms with Crippen molar-refractivity contribution in [1.82, 2.24) is 4.90 Å². The summed E-state index contributed by atoms with van der Waals surface area (Å²) in [4.78, 5) is 12.1. The van der Waals surface area contributed by atoms with E-state index in [1.54, 1.807) is 4.90 Å². The maximum atomic E-state index is 10.3. The molecule has 0 spiro atoms. The Morgan fingerprint density at radius 2 is 2.44 bits per heavy atom. The first-order chi connectivity index (χ1) is 4.20. The van der Waals surface area contributed by atoms with Gasteiger partial charge in [0, 0.05) is 0 Å². The Morgan fingerprint density at radius 1 is 1.78 bits per heavy atom. The second kappa shape index (κ2) is 2.35. The van der Waals surface area contributed by atoms with Crippen LogP contribution in [0.3, 0.4) is 0 Å². The highest BCUT2D eigenvalue weighted by Crippen LogP contribution is 2.14. The summed E-state index contributed by atoms with van der Waals surface area (Å²) < 4.78 is 0. The SMILES string of the molecule is [CH2-]N1CC[C@@H](C(=O)O)C1. The van der Waals surface area contributed by atoms with E-state index < -0.39 is 5.97 Å². The zero-order chi connectivity index (χ0) is 6.85. The molecule has 0 radical (unpaired) electrons. The quantitative estimate of drug-likeness (QED) is 0.512. The minimum absolute atomic E-state index is 0.178. The van der Waals surface area contributed by atoms with Gasteiger partial charge in [0.25, 0.3) is 0 Å². The number of hydrogen-bond donors (Lipinski definition) is 1. The Kier molecular flexibility index (Phi) is 1.71. The highest BCUT2D eigenvalue weighted by molar-refractivity contribution is 5.70. The Labute approximate surface area is 54.3 Å². The van der Waals surface area contributed by atoms with E-state index in [0.717, 1.165) is 13.0 Å². The van der Waals surface area contributed by atoms with Crippen molar-refractivity contribution >= 4 is 5.97 Å². The Morgan fingerprint density at radius 3 is 2.67 bits per heavy atom. The van der Waals surface area contributed by atoms with Crippen LogP contribution in [0, 0.1) is 13.0 Å². The van der Waals surface area contributed by atoms with Gasteiger partial charge >= 0.3 is 5.97 Å². The molecular formula is C6H10NO2-. The van der Waals surface area contributed by atoms with Crippen LogP contribution >= 0.6 is 0 Å². The molecule has 52 valence electrons. The molecule has 1 atom stereocenters. The van der Waals surface area contributed by atoms with Crippen LogP contribution in [0.25, 0.3) is 0 Å². The molecule has 1 aliphatic heterocycles. The molecule has 0 aromatic heterocycles. The predicted molar refractivity (Wildman–Crippen MR) is 32.7 cm³/mol. The fraction of sp³-hybridized carbons (Fsp3) is 0.667. The van der Waals surface area contributed by atoms with Gasteiger partial charge in [0.2, 0.25) is 0 Å². The first-order valence-electron chi connectivity index (χ1n) is 2.98. The number of nitrogens with zero attached hydrogens (tertiary/aromatic N) is 1. The summed E-state index contributed by atoms with van der Waals surface area (Å²) in [5.41, 5.74) is 0. The third-order valence-corrected chi connectivity index (χ3v) is 1.62. The van der Waals surface area contributed by atoms with E-state index >= 15 is 0 Å². The van der Waals surface area contributed by atoms with Crippen LogP contribution in [-0.4, -0.2) is 29.1 Å². The van der Waals surface area contributed by atoms with E-state index in [2.05, 4.69) is 7.05 Å². The molecule has 0 bridgehead atoms. The van der Waals surface area contributed by atoms with Gasteiger partial charge in [0.1, 0.15) is 0 Å². The average Bonchev–Trinajstić information content (AvgIpc) is 2.14. The van der Waals surface area contributed by atoms with E-state index in [9.17, 15) is 4.79 Å². The zero-order valence-electron chi connectivity index (χ0n) is 5.21. The molecule has 1 rings (SSSR count). The van der Waals surface area contributed by atoms with E-state index in [-0.39, 0.29) is 5.92 Å². The normalized spacial score (nSPS) is 28.8. The molecule has 3 nitrogen and oxygen atoms in total. The zero-order valence-corrected chi connectivity index (χ0v) is 5.21. The highest BCUT2D eigenvalue weighted by Gasteiger charge is 2.22. The van der Waals surface area contributed by atoms with Crippen LogP contribution in [0.15, 0.2) is 0 Å². The molecule has 0 amide bonds. The highest BCUT2D eigenvalue weighted by atomic mass is 16.4. The summed E-state index contributed by atoms with van der Waals surface area (Å²) in [5, 5.41) is 8.48. The number of hydrogen-bond acceptors (Lipinski definition) is 2. The van der Waals surface area contributed by atoms with Crippen molar-refractivity contribution in [2.45, 2.75) is 6.42 Å². The molecular weight excluding hydrogens is 118 g/mol. The fourth-order valence-electron chi connectivity index (χ4n) is 1.03. The summed E-state index contributed by atoms with van der Waals surface area (Å²) >= 11 is 0. The molecule has 0 unspecified atom stereocenters. The van der Waals surface area contributed by atoms with Crippen LogP contribution in [0.2, 0.25) is 0 Å². The third kappa shape index (κ3) is 1.42. The Balaban J connectivity index is 2.39. The van der Waals surface area contributed by atoms with Crippen LogP contribution < -0.4 is 0 Å². The number of aliphatic carboxylic acids is 1. The monoisotopic (exact) mass is 128 g/mol. The van der Waals surface area contributed by atoms with E-state index in [0.29, 0.717) is 6.54 Å². The minimum Gasteiger partial charge on any atom is -0.481 e. The number of carboxylic acids is 1. The summed E-state index contributed by atoms with van der Waals surface area (Å²) in [6.07, 6.45) is 0.749. The van der Waals surface area contributed by atoms with Crippen molar-refractivity contribution in [2.75, 3.05) is 13.1 Å². The molecule has 0 aliphatic carbocycles. The summed E-state index contributed by atoms with van der Waals surface area (Å²) in [6, 6.07) is 0. The molecule has 9 heavy (non-hydrogen) atoms. The fourth-order valence-corrected chi connectivity index (χ4v) is 1.03. The van der Waals surface area contributed by atoms with Crippen LogP contribution in [0.4, 0.5) is 0 Å². The largest absolute Gasteiger partial charge is 0.481 e. The number of likely N-dealkylation sites (tertiary alicyclic amines) is 1. The maximum Gasteiger partial charge on any atom is 0.307 e. The summed E-state index contributed by atoms with van der Waals surface area (Å²) in [7, 11) is 3.64. The molecule has 0 aromatic rings. The van der Waals surface area contributed by atoms with Gasteiger partial charge in [-0.2, -0.15) is 0 Å². The topological polar surface area (TPSA) is 40.5 Å². The van der Waals surface area contributed by atoms with Gasteiger partial charge in [-0.05, 0) is 19.5 Å².